The molecule has 24 heavy (non-hydrogen) atoms. The Balaban J connectivity index is 2.00. The smallest absolute Gasteiger partial charge is 0.355 e. The summed E-state index contributed by atoms with van der Waals surface area (Å²) in [6.45, 7) is 3.98. The topological polar surface area (TPSA) is 85.7 Å². The molecule has 1 fully saturated rings. The van der Waals surface area contributed by atoms with Gasteiger partial charge in [0.25, 0.3) is 5.91 Å². The molecule has 0 spiro atoms. The minimum atomic E-state index is -3.09. The summed E-state index contributed by atoms with van der Waals surface area (Å²) in [6.07, 6.45) is 2.15. The largest absolute Gasteiger partial charge is 0.451 e. The fraction of sp³-hybridized carbons (Fsp3) is 0.625. The van der Waals surface area contributed by atoms with Crippen LogP contribution in [0.2, 0.25) is 0 Å². The Morgan fingerprint density at radius 3 is 2.62 bits per heavy atom. The summed E-state index contributed by atoms with van der Waals surface area (Å²) in [5.41, 5.74) is 0.363. The van der Waals surface area contributed by atoms with Gasteiger partial charge >= 0.3 is 5.97 Å². The van der Waals surface area contributed by atoms with E-state index in [9.17, 15) is 18.0 Å². The zero-order valence-corrected chi connectivity index (χ0v) is 15.1. The van der Waals surface area contributed by atoms with Crippen LogP contribution in [-0.2, 0) is 26.4 Å². The van der Waals surface area contributed by atoms with Gasteiger partial charge in [0.05, 0.1) is 11.5 Å². The minimum absolute atomic E-state index is 0.0166. The second-order valence-electron chi connectivity index (χ2n) is 6.58. The quantitative estimate of drug-likeness (QED) is 0.706. The molecule has 134 valence electrons. The van der Waals surface area contributed by atoms with Crippen LogP contribution >= 0.6 is 0 Å². The van der Waals surface area contributed by atoms with E-state index < -0.39 is 15.8 Å². The summed E-state index contributed by atoms with van der Waals surface area (Å²) in [5, 5.41) is 0. The van der Waals surface area contributed by atoms with Gasteiger partial charge in [-0.25, -0.2) is 13.2 Å². The number of aromatic nitrogens is 1. The highest BCUT2D eigenvalue weighted by atomic mass is 32.2. The van der Waals surface area contributed by atoms with Crippen LogP contribution in [0, 0.1) is 5.92 Å². The van der Waals surface area contributed by atoms with Gasteiger partial charge in [0.2, 0.25) is 0 Å². The third-order valence-corrected chi connectivity index (χ3v) is 5.76. The average molecular weight is 356 g/mol. The van der Waals surface area contributed by atoms with Crippen molar-refractivity contribution in [1.82, 2.24) is 9.47 Å². The molecule has 1 aliphatic heterocycles. The van der Waals surface area contributed by atoms with Crippen molar-refractivity contribution in [3.8, 4) is 0 Å². The first kappa shape index (κ1) is 18.5. The molecule has 0 bridgehead atoms. The molecule has 1 saturated heterocycles. The van der Waals surface area contributed by atoms with Crippen LogP contribution in [0.15, 0.2) is 18.3 Å². The standard InChI is InChI=1S/C16H24N2O5S/c1-12(2)9-18(13-6-8-24(21,22)11-13)15(19)10-23-16(20)14-5-4-7-17(14)3/h4-5,7,12-13H,6,8-11H2,1-3H3. The summed E-state index contributed by atoms with van der Waals surface area (Å²) in [4.78, 5) is 26.0. The highest BCUT2D eigenvalue weighted by molar-refractivity contribution is 7.91. The Morgan fingerprint density at radius 2 is 2.12 bits per heavy atom. The number of rotatable bonds is 6. The van der Waals surface area contributed by atoms with Crippen LogP contribution in [0.4, 0.5) is 0 Å². The number of esters is 1. The molecular weight excluding hydrogens is 332 g/mol. The Labute approximate surface area is 142 Å². The van der Waals surface area contributed by atoms with Gasteiger partial charge in [0.1, 0.15) is 5.69 Å². The summed E-state index contributed by atoms with van der Waals surface area (Å²) >= 11 is 0. The van der Waals surface area contributed by atoms with Gasteiger partial charge in [-0.15, -0.1) is 0 Å². The monoisotopic (exact) mass is 356 g/mol. The van der Waals surface area contributed by atoms with E-state index in [2.05, 4.69) is 0 Å². The molecule has 0 aliphatic carbocycles. The predicted molar refractivity (Wildman–Crippen MR) is 89.3 cm³/mol. The SMILES string of the molecule is CC(C)CN(C(=O)COC(=O)c1cccn1C)C1CCS(=O)(=O)C1. The maximum Gasteiger partial charge on any atom is 0.355 e. The fourth-order valence-electron chi connectivity index (χ4n) is 2.83. The number of hydrogen-bond donors (Lipinski definition) is 0. The second kappa shape index (κ2) is 7.38. The van der Waals surface area contributed by atoms with E-state index in [1.165, 1.54) is 0 Å². The predicted octanol–water partition coefficient (Wildman–Crippen LogP) is 0.854. The molecule has 1 atom stereocenters. The van der Waals surface area contributed by atoms with Crippen molar-refractivity contribution < 1.29 is 22.7 Å². The summed E-state index contributed by atoms with van der Waals surface area (Å²) in [6, 6.07) is 2.99. The van der Waals surface area contributed by atoms with Crippen LogP contribution in [0.5, 0.6) is 0 Å². The molecule has 0 saturated carbocycles. The maximum absolute atomic E-state index is 12.5. The first-order valence-corrected chi connectivity index (χ1v) is 9.80. The van der Waals surface area contributed by atoms with Gasteiger partial charge < -0.3 is 14.2 Å². The molecule has 0 aromatic carbocycles. The Bertz CT molecular complexity index is 708. The lowest BCUT2D eigenvalue weighted by Crippen LogP contribution is -2.45. The molecule has 0 radical (unpaired) electrons. The van der Waals surface area contributed by atoms with Crippen molar-refractivity contribution in [3.63, 3.8) is 0 Å². The number of aryl methyl sites for hydroxylation is 1. The molecule has 2 heterocycles. The lowest BCUT2D eigenvalue weighted by atomic mass is 10.1. The van der Waals surface area contributed by atoms with E-state index in [1.807, 2.05) is 13.8 Å². The van der Waals surface area contributed by atoms with Crippen molar-refractivity contribution in [2.24, 2.45) is 13.0 Å². The minimum Gasteiger partial charge on any atom is -0.451 e. The highest BCUT2D eigenvalue weighted by Gasteiger charge is 2.35. The van der Waals surface area contributed by atoms with Crippen LogP contribution in [-0.4, -0.2) is 60.5 Å². The van der Waals surface area contributed by atoms with Crippen LogP contribution < -0.4 is 0 Å². The fourth-order valence-corrected chi connectivity index (χ4v) is 4.56. The number of hydrogen-bond acceptors (Lipinski definition) is 5. The molecule has 0 N–H and O–H groups in total. The molecule has 1 aromatic rings. The molecule has 7 nitrogen and oxygen atoms in total. The molecule has 1 aromatic heterocycles. The van der Waals surface area contributed by atoms with E-state index in [0.29, 0.717) is 18.7 Å². The van der Waals surface area contributed by atoms with Gasteiger partial charge in [0, 0.05) is 25.8 Å². The first-order valence-electron chi connectivity index (χ1n) is 7.98. The van der Waals surface area contributed by atoms with E-state index in [1.54, 1.807) is 34.8 Å². The van der Waals surface area contributed by atoms with E-state index in [4.69, 9.17) is 4.74 Å². The van der Waals surface area contributed by atoms with Crippen molar-refractivity contribution >= 4 is 21.7 Å². The first-order chi connectivity index (χ1) is 11.2. The molecule has 2 rings (SSSR count). The average Bonchev–Trinajstić information content (AvgIpc) is 3.07. The summed E-state index contributed by atoms with van der Waals surface area (Å²) in [5.74, 6) is -0.645. The molecule has 1 unspecified atom stereocenters. The van der Waals surface area contributed by atoms with E-state index >= 15 is 0 Å². The number of sulfone groups is 1. The Hall–Kier alpha value is -1.83. The van der Waals surface area contributed by atoms with Crippen molar-refractivity contribution in [2.75, 3.05) is 24.7 Å². The third-order valence-electron chi connectivity index (χ3n) is 4.01. The number of carbonyl (C=O) groups is 2. The Kier molecular flexibility index (Phi) is 5.69. The van der Waals surface area contributed by atoms with Crippen LogP contribution in [0.25, 0.3) is 0 Å². The normalized spacial score (nSPS) is 19.4. The van der Waals surface area contributed by atoms with Gasteiger partial charge in [-0.05, 0) is 24.5 Å². The van der Waals surface area contributed by atoms with Gasteiger partial charge in [-0.3, -0.25) is 4.79 Å². The van der Waals surface area contributed by atoms with Crippen LogP contribution in [0.1, 0.15) is 30.8 Å². The van der Waals surface area contributed by atoms with Gasteiger partial charge in [-0.1, -0.05) is 13.8 Å². The molecule has 1 amide bonds. The third kappa shape index (κ3) is 4.59. The molecule has 8 heteroatoms. The number of nitrogens with zero attached hydrogens (tertiary/aromatic N) is 2. The summed E-state index contributed by atoms with van der Waals surface area (Å²) in [7, 11) is -1.37. The number of amides is 1. The summed E-state index contributed by atoms with van der Waals surface area (Å²) < 4.78 is 30.1. The molecule has 1 aliphatic rings. The van der Waals surface area contributed by atoms with Gasteiger partial charge in [0.15, 0.2) is 16.4 Å². The van der Waals surface area contributed by atoms with Crippen molar-refractivity contribution in [1.29, 1.82) is 0 Å². The Morgan fingerprint density at radius 1 is 1.42 bits per heavy atom. The van der Waals surface area contributed by atoms with E-state index in [-0.39, 0.29) is 36.0 Å². The van der Waals surface area contributed by atoms with Crippen LogP contribution in [0.3, 0.4) is 0 Å². The second-order valence-corrected chi connectivity index (χ2v) is 8.81. The lowest BCUT2D eigenvalue weighted by molar-refractivity contribution is -0.137. The maximum atomic E-state index is 12.5. The van der Waals surface area contributed by atoms with Crippen molar-refractivity contribution in [3.05, 3.63) is 24.0 Å². The molecular formula is C16H24N2O5S. The zero-order chi connectivity index (χ0) is 17.9. The number of carbonyl (C=O) groups excluding carboxylic acids is 2. The van der Waals surface area contributed by atoms with Crippen molar-refractivity contribution in [2.45, 2.75) is 26.3 Å². The number of ether oxygens (including phenoxy) is 1. The van der Waals surface area contributed by atoms with E-state index in [0.717, 1.165) is 0 Å². The lowest BCUT2D eigenvalue weighted by Gasteiger charge is -2.29. The highest BCUT2D eigenvalue weighted by Crippen LogP contribution is 2.19. The van der Waals surface area contributed by atoms with Gasteiger partial charge in [-0.2, -0.15) is 0 Å². The zero-order valence-electron chi connectivity index (χ0n) is 14.3.